The molecule has 1 aliphatic carbocycles. The molecular weight excluding hydrogens is 262 g/mol. The second kappa shape index (κ2) is 5.33. The lowest BCUT2D eigenvalue weighted by molar-refractivity contribution is 0.327. The monoisotopic (exact) mass is 279 g/mol. The van der Waals surface area contributed by atoms with Gasteiger partial charge in [-0.15, -0.1) is 0 Å². The quantitative estimate of drug-likeness (QED) is 0.845. The average Bonchev–Trinajstić information content (AvgIpc) is 2.87. The van der Waals surface area contributed by atoms with E-state index in [1.54, 1.807) is 6.33 Å². The second-order valence-corrected chi connectivity index (χ2v) is 5.56. The highest BCUT2D eigenvalue weighted by molar-refractivity contribution is 6.28. The van der Waals surface area contributed by atoms with Crippen LogP contribution in [0.3, 0.4) is 0 Å². The van der Waals surface area contributed by atoms with Crippen molar-refractivity contribution in [3.05, 3.63) is 11.6 Å². The van der Waals surface area contributed by atoms with Crippen molar-refractivity contribution in [1.82, 2.24) is 19.9 Å². The normalized spacial score (nSPS) is 23.7. The van der Waals surface area contributed by atoms with Crippen LogP contribution >= 0.6 is 11.6 Å². The molecule has 0 aliphatic heterocycles. The Balaban J connectivity index is 1.82. The van der Waals surface area contributed by atoms with E-state index in [-0.39, 0.29) is 5.28 Å². The molecule has 1 fully saturated rings. The molecule has 3 rings (SSSR count). The highest BCUT2D eigenvalue weighted by Gasteiger charge is 2.22. The third kappa shape index (κ3) is 2.66. The first-order valence-corrected chi connectivity index (χ1v) is 7.27. The van der Waals surface area contributed by atoms with Crippen molar-refractivity contribution in [3.63, 3.8) is 0 Å². The fraction of sp³-hybridized carbons (Fsp3) is 0.615. The van der Waals surface area contributed by atoms with Gasteiger partial charge in [0.05, 0.1) is 6.33 Å². The van der Waals surface area contributed by atoms with Gasteiger partial charge in [0, 0.05) is 6.04 Å². The van der Waals surface area contributed by atoms with Crippen LogP contribution in [0.1, 0.15) is 39.0 Å². The number of halogens is 1. The summed E-state index contributed by atoms with van der Waals surface area (Å²) in [6, 6.07) is 0.469. The summed E-state index contributed by atoms with van der Waals surface area (Å²) in [5.41, 5.74) is 1.45. The van der Waals surface area contributed by atoms with Crippen molar-refractivity contribution >= 4 is 28.6 Å². The zero-order chi connectivity index (χ0) is 13.2. The largest absolute Gasteiger partial charge is 0.365 e. The molecule has 0 aromatic carbocycles. The van der Waals surface area contributed by atoms with Crippen LogP contribution in [-0.4, -0.2) is 26.0 Å². The molecule has 1 aliphatic rings. The Morgan fingerprint density at radius 3 is 3.16 bits per heavy atom. The van der Waals surface area contributed by atoms with Crippen LogP contribution in [-0.2, 0) is 0 Å². The molecule has 2 aromatic heterocycles. The molecule has 0 saturated heterocycles. The number of anilines is 1. The number of hydrogen-bond donors (Lipinski definition) is 2. The van der Waals surface area contributed by atoms with Gasteiger partial charge in [0.1, 0.15) is 5.52 Å². The van der Waals surface area contributed by atoms with Crippen LogP contribution < -0.4 is 5.32 Å². The topological polar surface area (TPSA) is 66.5 Å². The number of H-pyrrole nitrogens is 1. The predicted octanol–water partition coefficient (Wildman–Crippen LogP) is 3.39. The molecule has 0 bridgehead atoms. The maximum absolute atomic E-state index is 5.94. The summed E-state index contributed by atoms with van der Waals surface area (Å²) in [5, 5.41) is 3.75. The van der Waals surface area contributed by atoms with Gasteiger partial charge in [0.25, 0.3) is 0 Å². The van der Waals surface area contributed by atoms with Gasteiger partial charge in [-0.1, -0.05) is 26.2 Å². The van der Waals surface area contributed by atoms with Crippen LogP contribution in [0.15, 0.2) is 6.33 Å². The minimum absolute atomic E-state index is 0.241. The van der Waals surface area contributed by atoms with Crippen molar-refractivity contribution in [2.75, 3.05) is 5.32 Å². The molecule has 2 aromatic rings. The molecule has 19 heavy (non-hydrogen) atoms. The highest BCUT2D eigenvalue weighted by atomic mass is 35.5. The molecular formula is C13H18ClN5. The number of rotatable bonds is 3. The Kier molecular flexibility index (Phi) is 3.55. The lowest BCUT2D eigenvalue weighted by Crippen LogP contribution is -2.27. The molecule has 1 saturated carbocycles. The van der Waals surface area contributed by atoms with Gasteiger partial charge in [0.2, 0.25) is 5.28 Å². The lowest BCUT2D eigenvalue weighted by atomic mass is 9.84. The van der Waals surface area contributed by atoms with Gasteiger partial charge in [-0.25, -0.2) is 4.98 Å². The SMILES string of the molecule is CCC1CCCC(Nc2nc(Cl)nc3nc[nH]c23)C1. The van der Waals surface area contributed by atoms with E-state index in [1.165, 1.54) is 32.1 Å². The van der Waals surface area contributed by atoms with Crippen LogP contribution in [0.4, 0.5) is 5.82 Å². The Morgan fingerprint density at radius 2 is 2.32 bits per heavy atom. The van der Waals surface area contributed by atoms with Crippen LogP contribution in [0.2, 0.25) is 5.28 Å². The van der Waals surface area contributed by atoms with Crippen molar-refractivity contribution in [1.29, 1.82) is 0 Å². The minimum Gasteiger partial charge on any atom is -0.365 e. The average molecular weight is 280 g/mol. The van der Waals surface area contributed by atoms with E-state index in [0.29, 0.717) is 11.7 Å². The number of aromatic nitrogens is 4. The van der Waals surface area contributed by atoms with Gasteiger partial charge < -0.3 is 10.3 Å². The molecule has 2 atom stereocenters. The summed E-state index contributed by atoms with van der Waals surface area (Å²) in [7, 11) is 0. The summed E-state index contributed by atoms with van der Waals surface area (Å²) in [4.78, 5) is 15.6. The minimum atomic E-state index is 0.241. The van der Waals surface area contributed by atoms with E-state index in [1.807, 2.05) is 0 Å². The first-order chi connectivity index (χ1) is 9.26. The number of nitrogens with zero attached hydrogens (tertiary/aromatic N) is 3. The smallest absolute Gasteiger partial charge is 0.226 e. The van der Waals surface area contributed by atoms with Gasteiger partial charge in [-0.2, -0.15) is 9.97 Å². The van der Waals surface area contributed by atoms with Gasteiger partial charge in [-0.05, 0) is 30.4 Å². The number of hydrogen-bond acceptors (Lipinski definition) is 4. The number of imidazole rings is 1. The first-order valence-electron chi connectivity index (χ1n) is 6.89. The van der Waals surface area contributed by atoms with Crippen molar-refractivity contribution in [2.24, 2.45) is 5.92 Å². The Bertz CT molecular complexity index is 567. The Hall–Kier alpha value is -1.36. The van der Waals surface area contributed by atoms with E-state index in [4.69, 9.17) is 11.6 Å². The fourth-order valence-electron chi connectivity index (χ4n) is 2.90. The summed E-state index contributed by atoms with van der Waals surface area (Å²) in [6.45, 7) is 2.27. The van der Waals surface area contributed by atoms with Crippen LogP contribution in [0, 0.1) is 5.92 Å². The molecule has 102 valence electrons. The Morgan fingerprint density at radius 1 is 1.42 bits per heavy atom. The Labute approximate surface area is 117 Å². The lowest BCUT2D eigenvalue weighted by Gasteiger charge is -2.29. The molecule has 2 unspecified atom stereocenters. The fourth-order valence-corrected chi connectivity index (χ4v) is 3.06. The first kappa shape index (κ1) is 12.7. The van der Waals surface area contributed by atoms with Crippen molar-refractivity contribution in [3.8, 4) is 0 Å². The predicted molar refractivity (Wildman–Crippen MR) is 76.4 cm³/mol. The van der Waals surface area contributed by atoms with E-state index >= 15 is 0 Å². The van der Waals surface area contributed by atoms with Gasteiger partial charge in [-0.3, -0.25) is 0 Å². The summed E-state index contributed by atoms with van der Waals surface area (Å²) < 4.78 is 0. The molecule has 0 radical (unpaired) electrons. The number of fused-ring (bicyclic) bond motifs is 1. The van der Waals surface area contributed by atoms with E-state index in [0.717, 1.165) is 17.3 Å². The van der Waals surface area contributed by atoms with E-state index in [2.05, 4.69) is 32.2 Å². The molecule has 0 spiro atoms. The van der Waals surface area contributed by atoms with E-state index in [9.17, 15) is 0 Å². The molecule has 0 amide bonds. The van der Waals surface area contributed by atoms with Crippen LogP contribution in [0.5, 0.6) is 0 Å². The maximum Gasteiger partial charge on any atom is 0.226 e. The third-order valence-corrected chi connectivity index (χ3v) is 4.13. The number of nitrogens with one attached hydrogen (secondary N) is 2. The van der Waals surface area contributed by atoms with Crippen LogP contribution in [0.25, 0.3) is 11.2 Å². The standard InChI is InChI=1S/C13H18ClN5/c1-2-8-4-3-5-9(6-8)17-12-10-11(16-7-15-10)18-13(14)19-12/h7-9H,2-6H2,1H3,(H2,15,16,17,18,19). The van der Waals surface area contributed by atoms with Crippen molar-refractivity contribution in [2.45, 2.75) is 45.1 Å². The zero-order valence-electron chi connectivity index (χ0n) is 11.0. The van der Waals surface area contributed by atoms with Crippen molar-refractivity contribution < 1.29 is 0 Å². The summed E-state index contributed by atoms with van der Waals surface area (Å²) >= 11 is 5.94. The van der Waals surface area contributed by atoms with Gasteiger partial charge >= 0.3 is 0 Å². The molecule has 5 nitrogen and oxygen atoms in total. The van der Waals surface area contributed by atoms with Gasteiger partial charge in [0.15, 0.2) is 11.5 Å². The summed E-state index contributed by atoms with van der Waals surface area (Å²) in [6.07, 6.45) is 7.89. The molecule has 2 N–H and O–H groups in total. The second-order valence-electron chi connectivity index (χ2n) is 5.22. The molecule has 2 heterocycles. The number of aromatic amines is 1. The zero-order valence-corrected chi connectivity index (χ0v) is 11.7. The summed E-state index contributed by atoms with van der Waals surface area (Å²) in [5.74, 6) is 1.59. The maximum atomic E-state index is 5.94. The third-order valence-electron chi connectivity index (χ3n) is 3.96. The van der Waals surface area contributed by atoms with E-state index < -0.39 is 0 Å². The molecule has 6 heteroatoms. The highest BCUT2D eigenvalue weighted by Crippen LogP contribution is 2.29.